The Morgan fingerprint density at radius 3 is 1.21 bits per heavy atom. The third kappa shape index (κ3) is 48.7. The SMILES string of the molecule is CCC/C=C\C/C=C\CCCCCCCC(=O)OC(COC(=O)CCCCCCCCCCCCCCCCCCC)COP(=O)(O)OCC(CO)OC(=O)CCCCCCC/C=C\CCCC. The lowest BCUT2D eigenvalue weighted by atomic mass is 10.0. The Labute approximate surface area is 416 Å². The predicted molar refractivity (Wildman–Crippen MR) is 279 cm³/mol. The lowest BCUT2D eigenvalue weighted by Crippen LogP contribution is -2.30. The van der Waals surface area contributed by atoms with Gasteiger partial charge in [0.05, 0.1) is 19.8 Å². The summed E-state index contributed by atoms with van der Waals surface area (Å²) in [7, 11) is -4.74. The van der Waals surface area contributed by atoms with E-state index >= 15 is 0 Å². The van der Waals surface area contributed by atoms with Gasteiger partial charge in [-0.3, -0.25) is 23.4 Å². The standard InChI is InChI=1S/C56H103O11P/c1-4-7-10-13-16-19-22-24-25-26-27-29-31-33-36-39-42-45-54(58)63-49-53(67-56(60)47-44-41-38-35-32-28-23-20-17-14-11-8-5-2)51-65-68(61,62)64-50-52(48-57)66-55(59)46-43-40-37-34-30-21-18-15-12-9-6-3/h11,14-15,18,20,23,52-53,57H,4-10,12-13,16-17,19,21-22,24-51H2,1-3H3,(H,61,62)/b14-11-,18-15-,23-20-. The number of aliphatic hydroxyl groups is 1. The number of esters is 3. The van der Waals surface area contributed by atoms with E-state index in [2.05, 4.69) is 57.2 Å². The molecule has 0 saturated heterocycles. The van der Waals surface area contributed by atoms with Gasteiger partial charge in [0.15, 0.2) is 6.10 Å². The molecular formula is C56H103O11P. The molecule has 2 N–H and O–H groups in total. The summed E-state index contributed by atoms with van der Waals surface area (Å²) in [6.07, 6.45) is 51.1. The molecule has 68 heavy (non-hydrogen) atoms. The van der Waals surface area contributed by atoms with Crippen molar-refractivity contribution >= 4 is 25.7 Å². The van der Waals surface area contributed by atoms with Crippen LogP contribution in [0.1, 0.15) is 265 Å². The quantitative estimate of drug-likeness (QED) is 0.0197. The van der Waals surface area contributed by atoms with E-state index in [0.29, 0.717) is 19.3 Å². The average molecular weight is 983 g/mol. The number of unbranched alkanes of at least 4 members (excludes halogenated alkanes) is 29. The first-order chi connectivity index (χ1) is 33.2. The highest BCUT2D eigenvalue weighted by molar-refractivity contribution is 7.47. The first-order valence-electron chi connectivity index (χ1n) is 27.9. The minimum Gasteiger partial charge on any atom is -0.462 e. The summed E-state index contributed by atoms with van der Waals surface area (Å²) in [6, 6.07) is 0. The van der Waals surface area contributed by atoms with Gasteiger partial charge in [-0.2, -0.15) is 0 Å². The summed E-state index contributed by atoms with van der Waals surface area (Å²) in [6.45, 7) is 4.54. The Hall–Kier alpha value is -2.30. The molecule has 0 saturated carbocycles. The topological polar surface area (TPSA) is 155 Å². The summed E-state index contributed by atoms with van der Waals surface area (Å²) < 4.78 is 39.4. The number of aliphatic hydroxyl groups excluding tert-OH is 1. The van der Waals surface area contributed by atoms with Crippen molar-refractivity contribution in [2.24, 2.45) is 0 Å². The Morgan fingerprint density at radius 2 is 0.765 bits per heavy atom. The fourth-order valence-electron chi connectivity index (χ4n) is 7.73. The summed E-state index contributed by atoms with van der Waals surface area (Å²) in [5, 5.41) is 9.77. The zero-order chi connectivity index (χ0) is 49.9. The van der Waals surface area contributed by atoms with E-state index < -0.39 is 57.8 Å². The zero-order valence-electron chi connectivity index (χ0n) is 43.8. The van der Waals surface area contributed by atoms with E-state index in [1.165, 1.54) is 96.3 Å². The fourth-order valence-corrected chi connectivity index (χ4v) is 8.51. The summed E-state index contributed by atoms with van der Waals surface area (Å²) in [4.78, 5) is 48.4. The van der Waals surface area contributed by atoms with Gasteiger partial charge in [0.1, 0.15) is 12.7 Å². The highest BCUT2D eigenvalue weighted by atomic mass is 31.2. The monoisotopic (exact) mass is 983 g/mol. The highest BCUT2D eigenvalue weighted by Gasteiger charge is 2.28. The molecule has 0 aromatic rings. The van der Waals surface area contributed by atoms with Crippen LogP contribution in [0.25, 0.3) is 0 Å². The molecule has 11 nitrogen and oxygen atoms in total. The lowest BCUT2D eigenvalue weighted by Gasteiger charge is -2.21. The first kappa shape index (κ1) is 65.7. The van der Waals surface area contributed by atoms with Crippen molar-refractivity contribution < 1.29 is 52.2 Å². The molecule has 0 amide bonds. The first-order valence-corrected chi connectivity index (χ1v) is 29.4. The van der Waals surface area contributed by atoms with E-state index in [1.807, 2.05) is 0 Å². The number of ether oxygens (including phenoxy) is 3. The van der Waals surface area contributed by atoms with Crippen molar-refractivity contribution in [2.45, 2.75) is 277 Å². The number of phosphoric acid groups is 1. The molecule has 0 aliphatic rings. The third-order valence-electron chi connectivity index (χ3n) is 12.0. The van der Waals surface area contributed by atoms with Crippen LogP contribution in [0.5, 0.6) is 0 Å². The molecule has 0 aromatic heterocycles. The van der Waals surface area contributed by atoms with Crippen LogP contribution < -0.4 is 0 Å². The zero-order valence-corrected chi connectivity index (χ0v) is 44.7. The highest BCUT2D eigenvalue weighted by Crippen LogP contribution is 2.43. The number of hydrogen-bond acceptors (Lipinski definition) is 10. The van der Waals surface area contributed by atoms with Crippen LogP contribution in [-0.2, 0) is 42.2 Å². The van der Waals surface area contributed by atoms with Gasteiger partial charge in [0.25, 0.3) is 0 Å². The smallest absolute Gasteiger partial charge is 0.462 e. The maximum atomic E-state index is 12.9. The van der Waals surface area contributed by atoms with Gasteiger partial charge in [0, 0.05) is 19.3 Å². The molecule has 0 bridgehead atoms. The van der Waals surface area contributed by atoms with E-state index in [9.17, 15) is 28.9 Å². The van der Waals surface area contributed by atoms with Crippen molar-refractivity contribution in [3.8, 4) is 0 Å². The van der Waals surface area contributed by atoms with Gasteiger partial charge in [0.2, 0.25) is 0 Å². The van der Waals surface area contributed by atoms with Crippen LogP contribution in [0.3, 0.4) is 0 Å². The van der Waals surface area contributed by atoms with E-state index in [4.69, 9.17) is 23.3 Å². The maximum Gasteiger partial charge on any atom is 0.472 e. The van der Waals surface area contributed by atoms with E-state index in [-0.39, 0.29) is 25.9 Å². The number of allylic oxidation sites excluding steroid dienone is 6. The molecule has 0 aliphatic carbocycles. The van der Waals surface area contributed by atoms with Crippen LogP contribution in [0.2, 0.25) is 0 Å². The molecule has 398 valence electrons. The van der Waals surface area contributed by atoms with Gasteiger partial charge >= 0.3 is 25.7 Å². The molecule has 0 rings (SSSR count). The summed E-state index contributed by atoms with van der Waals surface area (Å²) in [5.41, 5.74) is 0. The Kier molecular flexibility index (Phi) is 49.3. The normalized spacial score (nSPS) is 13.7. The summed E-state index contributed by atoms with van der Waals surface area (Å²) in [5.74, 6) is -1.48. The summed E-state index contributed by atoms with van der Waals surface area (Å²) >= 11 is 0. The molecule has 0 spiro atoms. The number of rotatable bonds is 52. The number of carbonyl (C=O) groups is 3. The van der Waals surface area contributed by atoms with Gasteiger partial charge < -0.3 is 24.2 Å². The molecule has 3 atom stereocenters. The third-order valence-corrected chi connectivity index (χ3v) is 13.0. The molecule has 0 aliphatic heterocycles. The van der Waals surface area contributed by atoms with Gasteiger partial charge in [-0.05, 0) is 64.2 Å². The molecule has 12 heteroatoms. The van der Waals surface area contributed by atoms with Crippen LogP contribution in [-0.4, -0.2) is 66.5 Å². The fraction of sp³-hybridized carbons (Fsp3) is 0.839. The average Bonchev–Trinajstić information content (AvgIpc) is 3.32. The minimum atomic E-state index is -4.74. The van der Waals surface area contributed by atoms with Gasteiger partial charge in [-0.25, -0.2) is 4.57 Å². The van der Waals surface area contributed by atoms with Crippen molar-refractivity contribution in [2.75, 3.05) is 26.4 Å². The van der Waals surface area contributed by atoms with Gasteiger partial charge in [-0.1, -0.05) is 218 Å². The minimum absolute atomic E-state index is 0.154. The van der Waals surface area contributed by atoms with Crippen LogP contribution in [0.4, 0.5) is 0 Å². The largest absolute Gasteiger partial charge is 0.472 e. The van der Waals surface area contributed by atoms with Crippen LogP contribution >= 0.6 is 7.82 Å². The lowest BCUT2D eigenvalue weighted by molar-refractivity contribution is -0.161. The molecule has 0 heterocycles. The second kappa shape index (κ2) is 51.1. The van der Waals surface area contributed by atoms with Crippen molar-refractivity contribution in [1.29, 1.82) is 0 Å². The van der Waals surface area contributed by atoms with Crippen molar-refractivity contribution in [1.82, 2.24) is 0 Å². The van der Waals surface area contributed by atoms with Crippen molar-refractivity contribution in [3.63, 3.8) is 0 Å². The number of hydrogen-bond donors (Lipinski definition) is 2. The molecular weight excluding hydrogens is 880 g/mol. The molecule has 0 aromatic carbocycles. The second-order valence-electron chi connectivity index (χ2n) is 18.7. The molecule has 3 unspecified atom stereocenters. The Balaban J connectivity index is 4.70. The maximum absolute atomic E-state index is 12.9. The van der Waals surface area contributed by atoms with E-state index in [1.54, 1.807) is 0 Å². The number of phosphoric ester groups is 1. The molecule has 0 radical (unpaired) electrons. The van der Waals surface area contributed by atoms with Gasteiger partial charge in [-0.15, -0.1) is 0 Å². The Bertz CT molecular complexity index is 1280. The second-order valence-corrected chi connectivity index (χ2v) is 20.2. The van der Waals surface area contributed by atoms with Crippen LogP contribution in [0.15, 0.2) is 36.5 Å². The predicted octanol–water partition coefficient (Wildman–Crippen LogP) is 16.0. The Morgan fingerprint density at radius 1 is 0.412 bits per heavy atom. The van der Waals surface area contributed by atoms with E-state index in [0.717, 1.165) is 109 Å². The number of carbonyl (C=O) groups excluding carboxylic acids is 3. The van der Waals surface area contributed by atoms with Crippen molar-refractivity contribution in [3.05, 3.63) is 36.5 Å². The molecule has 0 fully saturated rings. The van der Waals surface area contributed by atoms with Crippen LogP contribution in [0, 0.1) is 0 Å².